The Morgan fingerprint density at radius 1 is 1.37 bits per heavy atom. The highest BCUT2D eigenvalue weighted by atomic mass is 32.1. The molecule has 98 valence electrons. The smallest absolute Gasteiger partial charge is 0.289 e. The number of thiocarbonyl (C=S) groups is 1. The maximum Gasteiger partial charge on any atom is 0.289 e. The molecule has 3 rings (SSSR count). The summed E-state index contributed by atoms with van der Waals surface area (Å²) in [6, 6.07) is 6.04. The standard InChI is InChI=1S/C12H13N5OS/c18-11(15-16-12(19)13-8-4-5-8)9-7-17-6-2-1-3-10(17)14-9/h1-3,6-8H,4-5H2,(H,15,18)(H2,13,16,19). The number of carbonyl (C=O) groups excluding carboxylic acids is 1. The number of hydrazine groups is 1. The monoisotopic (exact) mass is 275 g/mol. The van der Waals surface area contributed by atoms with Crippen LogP contribution in [0.15, 0.2) is 30.6 Å². The number of hydrogen-bond donors (Lipinski definition) is 3. The number of fused-ring (bicyclic) bond motifs is 1. The molecule has 0 aromatic carbocycles. The van der Waals surface area contributed by atoms with Crippen LogP contribution in [-0.4, -0.2) is 26.4 Å². The molecule has 1 saturated carbocycles. The summed E-state index contributed by atoms with van der Waals surface area (Å²) in [6.45, 7) is 0. The third-order valence-corrected chi connectivity index (χ3v) is 3.02. The van der Waals surface area contributed by atoms with Crippen molar-refractivity contribution in [3.8, 4) is 0 Å². The van der Waals surface area contributed by atoms with Crippen LogP contribution < -0.4 is 16.2 Å². The van der Waals surface area contributed by atoms with Crippen molar-refractivity contribution in [3.05, 3.63) is 36.3 Å². The number of nitrogens with one attached hydrogen (secondary N) is 3. The second kappa shape index (κ2) is 4.85. The number of aromatic nitrogens is 2. The van der Waals surface area contributed by atoms with Gasteiger partial charge in [-0.25, -0.2) is 4.98 Å². The Morgan fingerprint density at radius 2 is 2.21 bits per heavy atom. The second-order valence-electron chi connectivity index (χ2n) is 4.42. The van der Waals surface area contributed by atoms with E-state index in [9.17, 15) is 4.79 Å². The minimum atomic E-state index is -0.316. The summed E-state index contributed by atoms with van der Waals surface area (Å²) >= 11 is 5.04. The van der Waals surface area contributed by atoms with Crippen molar-refractivity contribution in [2.45, 2.75) is 18.9 Å². The molecule has 0 bridgehead atoms. The lowest BCUT2D eigenvalue weighted by Crippen LogP contribution is -2.47. The van der Waals surface area contributed by atoms with Gasteiger partial charge in [0.1, 0.15) is 11.3 Å². The van der Waals surface area contributed by atoms with Gasteiger partial charge >= 0.3 is 0 Å². The van der Waals surface area contributed by atoms with Crippen molar-refractivity contribution in [2.75, 3.05) is 0 Å². The molecule has 0 aliphatic heterocycles. The van der Waals surface area contributed by atoms with Crippen molar-refractivity contribution in [2.24, 2.45) is 0 Å². The van der Waals surface area contributed by atoms with Crippen molar-refractivity contribution in [1.29, 1.82) is 0 Å². The molecule has 2 heterocycles. The number of carbonyl (C=O) groups is 1. The molecule has 6 nitrogen and oxygen atoms in total. The van der Waals surface area contributed by atoms with E-state index in [1.165, 1.54) is 0 Å². The highest BCUT2D eigenvalue weighted by Gasteiger charge is 2.21. The van der Waals surface area contributed by atoms with Crippen LogP contribution in [0.3, 0.4) is 0 Å². The molecule has 0 radical (unpaired) electrons. The van der Waals surface area contributed by atoms with Crippen LogP contribution in [0.2, 0.25) is 0 Å². The lowest BCUT2D eigenvalue weighted by atomic mass is 10.5. The number of imidazole rings is 1. The summed E-state index contributed by atoms with van der Waals surface area (Å²) in [7, 11) is 0. The van der Waals surface area contributed by atoms with Gasteiger partial charge in [-0.2, -0.15) is 0 Å². The first-order valence-electron chi connectivity index (χ1n) is 6.03. The molecule has 0 saturated heterocycles. The molecule has 0 unspecified atom stereocenters. The van der Waals surface area contributed by atoms with Gasteiger partial charge in [0.05, 0.1) is 0 Å². The maximum atomic E-state index is 11.9. The van der Waals surface area contributed by atoms with Crippen LogP contribution in [0.25, 0.3) is 5.65 Å². The quantitative estimate of drug-likeness (QED) is 0.553. The number of nitrogens with zero attached hydrogens (tertiary/aromatic N) is 2. The number of amides is 1. The normalized spacial score (nSPS) is 14.1. The van der Waals surface area contributed by atoms with Gasteiger partial charge in [-0.3, -0.25) is 15.6 Å². The van der Waals surface area contributed by atoms with E-state index in [0.717, 1.165) is 18.5 Å². The number of hydrogen-bond acceptors (Lipinski definition) is 3. The SMILES string of the molecule is O=C(NNC(=S)NC1CC1)c1cn2ccccc2n1. The van der Waals surface area contributed by atoms with E-state index in [0.29, 0.717) is 16.8 Å². The van der Waals surface area contributed by atoms with E-state index in [2.05, 4.69) is 21.2 Å². The summed E-state index contributed by atoms with van der Waals surface area (Å²) < 4.78 is 1.79. The molecule has 2 aromatic heterocycles. The molecule has 1 aliphatic rings. The van der Waals surface area contributed by atoms with Gasteiger partial charge in [-0.1, -0.05) is 6.07 Å². The fraction of sp³-hybridized carbons (Fsp3) is 0.250. The number of pyridine rings is 1. The Hall–Kier alpha value is -2.15. The Labute approximate surface area is 115 Å². The largest absolute Gasteiger partial charge is 0.359 e. The Morgan fingerprint density at radius 3 is 2.95 bits per heavy atom. The lowest BCUT2D eigenvalue weighted by molar-refractivity contribution is 0.0939. The van der Waals surface area contributed by atoms with Gasteiger partial charge in [-0.05, 0) is 37.2 Å². The van der Waals surface area contributed by atoms with E-state index in [1.54, 1.807) is 10.6 Å². The van der Waals surface area contributed by atoms with E-state index in [-0.39, 0.29) is 5.91 Å². The molecular formula is C12H13N5OS. The summed E-state index contributed by atoms with van der Waals surface area (Å²) in [5.74, 6) is -0.316. The second-order valence-corrected chi connectivity index (χ2v) is 4.83. The van der Waals surface area contributed by atoms with Gasteiger partial charge in [0.15, 0.2) is 5.11 Å². The van der Waals surface area contributed by atoms with Gasteiger partial charge in [-0.15, -0.1) is 0 Å². The van der Waals surface area contributed by atoms with Gasteiger partial charge < -0.3 is 9.72 Å². The summed E-state index contributed by atoms with van der Waals surface area (Å²) in [6.07, 6.45) is 5.76. The Kier molecular flexibility index (Phi) is 3.04. The predicted molar refractivity (Wildman–Crippen MR) is 74.5 cm³/mol. The van der Waals surface area contributed by atoms with Crippen LogP contribution in [0.1, 0.15) is 23.3 Å². The minimum Gasteiger partial charge on any atom is -0.359 e. The van der Waals surface area contributed by atoms with Crippen LogP contribution >= 0.6 is 12.2 Å². The zero-order chi connectivity index (χ0) is 13.2. The Bertz CT molecular complexity index is 601. The molecule has 1 aliphatic carbocycles. The van der Waals surface area contributed by atoms with E-state index in [4.69, 9.17) is 12.2 Å². The summed E-state index contributed by atoms with van der Waals surface area (Å²) in [5, 5.41) is 3.50. The van der Waals surface area contributed by atoms with Crippen LogP contribution in [0, 0.1) is 0 Å². The number of rotatable bonds is 2. The minimum absolute atomic E-state index is 0.316. The first-order valence-corrected chi connectivity index (χ1v) is 6.44. The Balaban J connectivity index is 1.61. The van der Waals surface area contributed by atoms with Crippen LogP contribution in [-0.2, 0) is 0 Å². The van der Waals surface area contributed by atoms with Gasteiger partial charge in [0.25, 0.3) is 5.91 Å². The zero-order valence-electron chi connectivity index (χ0n) is 10.1. The van der Waals surface area contributed by atoms with Crippen LogP contribution in [0.4, 0.5) is 0 Å². The summed E-state index contributed by atoms with van der Waals surface area (Å²) in [4.78, 5) is 16.1. The van der Waals surface area contributed by atoms with Crippen molar-refractivity contribution in [1.82, 2.24) is 25.6 Å². The molecule has 19 heavy (non-hydrogen) atoms. The average Bonchev–Trinajstić information content (AvgIpc) is 3.10. The molecule has 7 heteroatoms. The molecule has 1 amide bonds. The first kappa shape index (κ1) is 11.9. The molecule has 0 atom stereocenters. The molecule has 3 N–H and O–H groups in total. The van der Waals surface area contributed by atoms with E-state index in [1.807, 2.05) is 24.4 Å². The third-order valence-electron chi connectivity index (χ3n) is 2.80. The zero-order valence-corrected chi connectivity index (χ0v) is 10.9. The maximum absolute atomic E-state index is 11.9. The molecule has 0 spiro atoms. The fourth-order valence-corrected chi connectivity index (χ4v) is 1.89. The van der Waals surface area contributed by atoms with Crippen molar-refractivity contribution in [3.63, 3.8) is 0 Å². The third kappa shape index (κ3) is 2.82. The van der Waals surface area contributed by atoms with Crippen LogP contribution in [0.5, 0.6) is 0 Å². The van der Waals surface area contributed by atoms with Gasteiger partial charge in [0, 0.05) is 18.4 Å². The van der Waals surface area contributed by atoms with Crippen molar-refractivity contribution >= 4 is 28.9 Å². The van der Waals surface area contributed by atoms with E-state index < -0.39 is 0 Å². The molecule has 1 fully saturated rings. The topological polar surface area (TPSA) is 70.5 Å². The van der Waals surface area contributed by atoms with Crippen molar-refractivity contribution < 1.29 is 4.79 Å². The summed E-state index contributed by atoms with van der Waals surface area (Å²) in [5.41, 5.74) is 6.26. The lowest BCUT2D eigenvalue weighted by Gasteiger charge is -2.09. The highest BCUT2D eigenvalue weighted by Crippen LogP contribution is 2.18. The highest BCUT2D eigenvalue weighted by molar-refractivity contribution is 7.80. The van der Waals surface area contributed by atoms with E-state index >= 15 is 0 Å². The van der Waals surface area contributed by atoms with Gasteiger partial charge in [0.2, 0.25) is 0 Å². The average molecular weight is 275 g/mol. The first-order chi connectivity index (χ1) is 9.22. The molecule has 2 aromatic rings. The predicted octanol–water partition coefficient (Wildman–Crippen LogP) is 0.606. The fourth-order valence-electron chi connectivity index (χ4n) is 1.67. The molecular weight excluding hydrogens is 262 g/mol.